The summed E-state index contributed by atoms with van der Waals surface area (Å²) in [5, 5.41) is 6.21. The van der Waals surface area contributed by atoms with E-state index in [1.807, 2.05) is 42.5 Å². The van der Waals surface area contributed by atoms with E-state index in [-0.39, 0.29) is 12.1 Å². The second-order valence-electron chi connectivity index (χ2n) is 5.29. The quantitative estimate of drug-likeness (QED) is 0.759. The zero-order chi connectivity index (χ0) is 16.2. The van der Waals surface area contributed by atoms with Gasteiger partial charge in [-0.2, -0.15) is 0 Å². The smallest absolute Gasteiger partial charge is 0.222 e. The van der Waals surface area contributed by atoms with Gasteiger partial charge in [-0.05, 0) is 55.1 Å². The van der Waals surface area contributed by atoms with E-state index in [4.69, 9.17) is 4.74 Å². The van der Waals surface area contributed by atoms with Crippen LogP contribution in [0.2, 0.25) is 0 Å². The second kappa shape index (κ2) is 7.47. The molecule has 1 heterocycles. The lowest BCUT2D eigenvalue weighted by Crippen LogP contribution is -2.44. The number of amides is 1. The maximum Gasteiger partial charge on any atom is 0.222 e. The van der Waals surface area contributed by atoms with Gasteiger partial charge in [0.2, 0.25) is 5.91 Å². The SMILES string of the molecule is O=C1CCN[C@H](c2cc(Br)c(OCc3ccccc3)c(Br)c2)N1. The van der Waals surface area contributed by atoms with E-state index < -0.39 is 0 Å². The fourth-order valence-electron chi connectivity index (χ4n) is 2.43. The number of nitrogens with one attached hydrogen (secondary N) is 2. The highest BCUT2D eigenvalue weighted by Crippen LogP contribution is 2.36. The van der Waals surface area contributed by atoms with E-state index in [0.717, 1.165) is 25.8 Å². The lowest BCUT2D eigenvalue weighted by molar-refractivity contribution is -0.123. The van der Waals surface area contributed by atoms with Crippen LogP contribution in [0.25, 0.3) is 0 Å². The molecule has 0 spiro atoms. The van der Waals surface area contributed by atoms with Crippen LogP contribution in [-0.4, -0.2) is 12.5 Å². The van der Waals surface area contributed by atoms with E-state index in [1.165, 1.54) is 0 Å². The number of ether oxygens (including phenoxy) is 1. The van der Waals surface area contributed by atoms with Gasteiger partial charge in [-0.1, -0.05) is 30.3 Å². The lowest BCUT2D eigenvalue weighted by Gasteiger charge is -2.26. The third-order valence-corrected chi connectivity index (χ3v) is 4.76. The van der Waals surface area contributed by atoms with Crippen molar-refractivity contribution in [1.29, 1.82) is 0 Å². The molecule has 1 fully saturated rings. The third kappa shape index (κ3) is 4.13. The predicted molar refractivity (Wildman–Crippen MR) is 96.1 cm³/mol. The zero-order valence-electron chi connectivity index (χ0n) is 12.3. The number of carbonyl (C=O) groups excluding carboxylic acids is 1. The van der Waals surface area contributed by atoms with Crippen molar-refractivity contribution in [3.05, 3.63) is 62.5 Å². The molecule has 4 nitrogen and oxygen atoms in total. The molecule has 1 saturated heterocycles. The van der Waals surface area contributed by atoms with E-state index in [2.05, 4.69) is 42.5 Å². The van der Waals surface area contributed by atoms with Crippen molar-refractivity contribution in [2.75, 3.05) is 6.54 Å². The Kier molecular flexibility index (Phi) is 5.35. The maximum atomic E-state index is 11.5. The molecule has 1 atom stereocenters. The Hall–Kier alpha value is -1.37. The van der Waals surface area contributed by atoms with Gasteiger partial charge in [0.25, 0.3) is 0 Å². The van der Waals surface area contributed by atoms with Crippen molar-refractivity contribution in [3.8, 4) is 5.75 Å². The molecule has 1 aliphatic heterocycles. The molecule has 3 rings (SSSR count). The molecule has 0 saturated carbocycles. The standard InChI is InChI=1S/C17H16Br2N2O2/c18-13-8-12(17-20-7-6-15(22)21-17)9-14(19)16(13)23-10-11-4-2-1-3-5-11/h1-5,8-9,17,20H,6-7,10H2,(H,21,22)/t17-/m0/s1. The number of hydrogen-bond acceptors (Lipinski definition) is 3. The van der Waals surface area contributed by atoms with E-state index in [0.29, 0.717) is 19.6 Å². The van der Waals surface area contributed by atoms with Gasteiger partial charge in [0, 0.05) is 13.0 Å². The molecule has 1 aliphatic rings. The Morgan fingerprint density at radius 3 is 2.48 bits per heavy atom. The van der Waals surface area contributed by atoms with Crippen LogP contribution in [0.4, 0.5) is 0 Å². The molecule has 0 bridgehead atoms. The van der Waals surface area contributed by atoms with Gasteiger partial charge in [-0.25, -0.2) is 0 Å². The Bertz CT molecular complexity index is 684. The molecule has 0 radical (unpaired) electrons. The highest BCUT2D eigenvalue weighted by molar-refractivity contribution is 9.11. The number of carbonyl (C=O) groups is 1. The van der Waals surface area contributed by atoms with Crippen LogP contribution in [0, 0.1) is 0 Å². The molecule has 2 aromatic rings. The first kappa shape index (κ1) is 16.5. The van der Waals surface area contributed by atoms with Crippen molar-refractivity contribution >= 4 is 37.8 Å². The molecular weight excluding hydrogens is 424 g/mol. The number of rotatable bonds is 4. The minimum atomic E-state index is -0.174. The van der Waals surface area contributed by atoms with Gasteiger partial charge in [-0.3, -0.25) is 10.1 Å². The van der Waals surface area contributed by atoms with Crippen molar-refractivity contribution in [1.82, 2.24) is 10.6 Å². The van der Waals surface area contributed by atoms with Crippen LogP contribution in [0.1, 0.15) is 23.7 Å². The van der Waals surface area contributed by atoms with Crippen molar-refractivity contribution in [2.45, 2.75) is 19.2 Å². The van der Waals surface area contributed by atoms with Gasteiger partial charge in [-0.15, -0.1) is 0 Å². The van der Waals surface area contributed by atoms with Gasteiger partial charge in [0.05, 0.1) is 8.95 Å². The molecule has 2 N–H and O–H groups in total. The summed E-state index contributed by atoms with van der Waals surface area (Å²) in [7, 11) is 0. The molecule has 1 amide bonds. The van der Waals surface area contributed by atoms with Gasteiger partial charge < -0.3 is 10.1 Å². The van der Waals surface area contributed by atoms with Crippen LogP contribution < -0.4 is 15.4 Å². The van der Waals surface area contributed by atoms with Gasteiger partial charge in [0.1, 0.15) is 18.5 Å². The van der Waals surface area contributed by atoms with E-state index >= 15 is 0 Å². The van der Waals surface area contributed by atoms with Gasteiger partial charge in [0.15, 0.2) is 0 Å². The normalized spacial score (nSPS) is 17.7. The van der Waals surface area contributed by atoms with Crippen LogP contribution >= 0.6 is 31.9 Å². The van der Waals surface area contributed by atoms with Crippen molar-refractivity contribution < 1.29 is 9.53 Å². The summed E-state index contributed by atoms with van der Waals surface area (Å²) in [6.45, 7) is 1.17. The summed E-state index contributed by atoms with van der Waals surface area (Å²) in [6.07, 6.45) is 0.337. The summed E-state index contributed by atoms with van der Waals surface area (Å²) in [4.78, 5) is 11.5. The van der Waals surface area contributed by atoms with Crippen molar-refractivity contribution in [2.24, 2.45) is 0 Å². The summed E-state index contributed by atoms with van der Waals surface area (Å²) in [5.41, 5.74) is 2.08. The minimum Gasteiger partial charge on any atom is -0.487 e. The third-order valence-electron chi connectivity index (χ3n) is 3.59. The first-order chi connectivity index (χ1) is 11.1. The Morgan fingerprint density at radius 2 is 1.83 bits per heavy atom. The molecule has 0 unspecified atom stereocenters. The molecule has 6 heteroatoms. The summed E-state index contributed by atoms with van der Waals surface area (Å²) < 4.78 is 7.61. The summed E-state index contributed by atoms with van der Waals surface area (Å²) in [5.74, 6) is 0.810. The fourth-order valence-corrected chi connectivity index (χ4v) is 3.88. The highest BCUT2D eigenvalue weighted by Gasteiger charge is 2.21. The van der Waals surface area contributed by atoms with Crippen LogP contribution in [0.5, 0.6) is 5.75 Å². The molecular formula is C17H16Br2N2O2. The van der Waals surface area contributed by atoms with Crippen LogP contribution in [-0.2, 0) is 11.4 Å². The molecule has 23 heavy (non-hydrogen) atoms. The number of benzene rings is 2. The summed E-state index contributed by atoms with van der Waals surface area (Å²) in [6, 6.07) is 13.9. The number of halogens is 2. The minimum absolute atomic E-state index is 0.0606. The van der Waals surface area contributed by atoms with Crippen LogP contribution in [0.15, 0.2) is 51.4 Å². The molecule has 2 aromatic carbocycles. The summed E-state index contributed by atoms with van der Waals surface area (Å²) >= 11 is 7.12. The first-order valence-corrected chi connectivity index (χ1v) is 8.90. The Labute approximate surface area is 151 Å². The predicted octanol–water partition coefficient (Wildman–Crippen LogP) is 3.90. The molecule has 0 aliphatic carbocycles. The highest BCUT2D eigenvalue weighted by atomic mass is 79.9. The molecule has 0 aromatic heterocycles. The Balaban J connectivity index is 1.76. The molecule has 120 valence electrons. The van der Waals surface area contributed by atoms with Gasteiger partial charge >= 0.3 is 0 Å². The average molecular weight is 440 g/mol. The first-order valence-electron chi connectivity index (χ1n) is 7.32. The van der Waals surface area contributed by atoms with E-state index in [9.17, 15) is 4.79 Å². The lowest BCUT2D eigenvalue weighted by atomic mass is 10.1. The fraction of sp³-hybridized carbons (Fsp3) is 0.235. The largest absolute Gasteiger partial charge is 0.487 e. The Morgan fingerprint density at radius 1 is 1.13 bits per heavy atom. The van der Waals surface area contributed by atoms with E-state index in [1.54, 1.807) is 0 Å². The maximum absolute atomic E-state index is 11.5. The monoisotopic (exact) mass is 438 g/mol. The second-order valence-corrected chi connectivity index (χ2v) is 7.00. The number of hydrogen-bond donors (Lipinski definition) is 2. The topological polar surface area (TPSA) is 50.4 Å². The zero-order valence-corrected chi connectivity index (χ0v) is 15.5. The van der Waals surface area contributed by atoms with Crippen LogP contribution in [0.3, 0.4) is 0 Å². The van der Waals surface area contributed by atoms with Crippen molar-refractivity contribution in [3.63, 3.8) is 0 Å². The average Bonchev–Trinajstić information content (AvgIpc) is 2.55.